The van der Waals surface area contributed by atoms with Gasteiger partial charge in [-0.15, -0.1) is 11.3 Å². The molecule has 0 saturated heterocycles. The standard InChI is InChI=1S/C13H22ClNS/c1-10(2)15-9-8-11(3)4-5-12-6-7-13(14)16-12/h6-7,10-11,15H,4-5,8-9H2,1-3H3. The fourth-order valence-corrected chi connectivity index (χ4v) is 2.74. The van der Waals surface area contributed by atoms with Gasteiger partial charge in [0.15, 0.2) is 0 Å². The van der Waals surface area contributed by atoms with E-state index in [9.17, 15) is 0 Å². The van der Waals surface area contributed by atoms with Crippen molar-refractivity contribution in [3.05, 3.63) is 21.3 Å². The average Bonchev–Trinajstić information content (AvgIpc) is 2.61. The van der Waals surface area contributed by atoms with Crippen molar-refractivity contribution >= 4 is 22.9 Å². The lowest BCUT2D eigenvalue weighted by Crippen LogP contribution is -2.24. The van der Waals surface area contributed by atoms with Crippen molar-refractivity contribution < 1.29 is 0 Å². The first-order valence-corrected chi connectivity index (χ1v) is 7.25. The third-order valence-electron chi connectivity index (χ3n) is 2.70. The third-order valence-corrected chi connectivity index (χ3v) is 3.99. The van der Waals surface area contributed by atoms with E-state index < -0.39 is 0 Å². The van der Waals surface area contributed by atoms with Crippen molar-refractivity contribution in [1.29, 1.82) is 0 Å². The maximum Gasteiger partial charge on any atom is 0.0931 e. The van der Waals surface area contributed by atoms with Gasteiger partial charge in [-0.1, -0.05) is 32.4 Å². The molecule has 3 heteroatoms. The van der Waals surface area contributed by atoms with Crippen molar-refractivity contribution in [1.82, 2.24) is 5.32 Å². The normalized spacial score (nSPS) is 13.3. The highest BCUT2D eigenvalue weighted by molar-refractivity contribution is 7.16. The molecule has 0 aliphatic heterocycles. The highest BCUT2D eigenvalue weighted by Gasteiger charge is 2.04. The Balaban J connectivity index is 2.12. The number of aryl methyl sites for hydroxylation is 1. The molecule has 1 aromatic heterocycles. The molecule has 1 N–H and O–H groups in total. The molecule has 1 aromatic rings. The molecule has 0 bridgehead atoms. The van der Waals surface area contributed by atoms with Crippen LogP contribution < -0.4 is 5.32 Å². The number of rotatable bonds is 7. The van der Waals surface area contributed by atoms with Gasteiger partial charge in [-0.25, -0.2) is 0 Å². The predicted molar refractivity (Wildman–Crippen MR) is 74.6 cm³/mol. The predicted octanol–water partition coefficient (Wildman–Crippen LogP) is 4.36. The highest BCUT2D eigenvalue weighted by Crippen LogP contribution is 2.24. The summed E-state index contributed by atoms with van der Waals surface area (Å²) in [6.45, 7) is 7.85. The molecule has 1 rings (SSSR count). The molecule has 0 aliphatic rings. The summed E-state index contributed by atoms with van der Waals surface area (Å²) in [4.78, 5) is 1.41. The summed E-state index contributed by atoms with van der Waals surface area (Å²) in [5.74, 6) is 0.784. The quantitative estimate of drug-likeness (QED) is 0.767. The lowest BCUT2D eigenvalue weighted by atomic mass is 10.0. The van der Waals surface area contributed by atoms with E-state index in [1.165, 1.54) is 24.1 Å². The van der Waals surface area contributed by atoms with Gasteiger partial charge in [0.1, 0.15) is 0 Å². The number of hydrogen-bond donors (Lipinski definition) is 1. The SMILES string of the molecule is CC(CCNC(C)C)CCc1ccc(Cl)s1. The largest absolute Gasteiger partial charge is 0.315 e. The highest BCUT2D eigenvalue weighted by atomic mass is 35.5. The van der Waals surface area contributed by atoms with Crippen molar-refractivity contribution in [2.45, 2.75) is 46.1 Å². The van der Waals surface area contributed by atoms with Crippen LogP contribution in [-0.2, 0) is 6.42 Å². The zero-order valence-electron chi connectivity index (χ0n) is 10.4. The number of halogens is 1. The Labute approximate surface area is 108 Å². The molecule has 1 nitrogen and oxygen atoms in total. The van der Waals surface area contributed by atoms with Crippen LogP contribution in [0.4, 0.5) is 0 Å². The molecule has 1 atom stereocenters. The fourth-order valence-electron chi connectivity index (χ4n) is 1.64. The lowest BCUT2D eigenvalue weighted by molar-refractivity contribution is 0.455. The molecule has 0 fully saturated rings. The minimum Gasteiger partial charge on any atom is -0.315 e. The fraction of sp³-hybridized carbons (Fsp3) is 0.692. The van der Waals surface area contributed by atoms with E-state index in [0.717, 1.165) is 16.8 Å². The lowest BCUT2D eigenvalue weighted by Gasteiger charge is -2.13. The van der Waals surface area contributed by atoms with Gasteiger partial charge in [0, 0.05) is 10.9 Å². The van der Waals surface area contributed by atoms with Crippen LogP contribution in [0.1, 0.15) is 38.5 Å². The van der Waals surface area contributed by atoms with Crippen LogP contribution in [0.5, 0.6) is 0 Å². The van der Waals surface area contributed by atoms with Crippen molar-refractivity contribution in [3.63, 3.8) is 0 Å². The maximum absolute atomic E-state index is 5.90. The van der Waals surface area contributed by atoms with Crippen LogP contribution in [0, 0.1) is 5.92 Å². The Morgan fingerprint density at radius 2 is 2.00 bits per heavy atom. The summed E-state index contributed by atoms with van der Waals surface area (Å²) in [5.41, 5.74) is 0. The van der Waals surface area contributed by atoms with E-state index in [-0.39, 0.29) is 0 Å². The number of thiophene rings is 1. The zero-order chi connectivity index (χ0) is 12.0. The van der Waals surface area contributed by atoms with E-state index >= 15 is 0 Å². The Kier molecular flexibility index (Phi) is 6.40. The third kappa shape index (κ3) is 5.88. The monoisotopic (exact) mass is 259 g/mol. The van der Waals surface area contributed by atoms with Crippen molar-refractivity contribution in [2.24, 2.45) is 5.92 Å². The second-order valence-electron chi connectivity index (χ2n) is 4.75. The molecular weight excluding hydrogens is 238 g/mol. The molecule has 0 radical (unpaired) electrons. The Morgan fingerprint density at radius 1 is 1.25 bits per heavy atom. The topological polar surface area (TPSA) is 12.0 Å². The average molecular weight is 260 g/mol. The molecule has 0 aliphatic carbocycles. The summed E-state index contributed by atoms with van der Waals surface area (Å²) < 4.78 is 0.907. The van der Waals surface area contributed by atoms with Gasteiger partial charge in [-0.2, -0.15) is 0 Å². The van der Waals surface area contributed by atoms with Crippen LogP contribution in [0.2, 0.25) is 4.34 Å². The second kappa shape index (κ2) is 7.31. The number of hydrogen-bond acceptors (Lipinski definition) is 2. The van der Waals surface area contributed by atoms with E-state index in [1.807, 2.05) is 6.07 Å². The summed E-state index contributed by atoms with van der Waals surface area (Å²) in [5, 5.41) is 3.46. The first-order valence-electron chi connectivity index (χ1n) is 6.05. The van der Waals surface area contributed by atoms with E-state index in [2.05, 4.69) is 32.2 Å². The van der Waals surface area contributed by atoms with E-state index in [1.54, 1.807) is 11.3 Å². The summed E-state index contributed by atoms with van der Waals surface area (Å²) in [6.07, 6.45) is 3.69. The van der Waals surface area contributed by atoms with Crippen LogP contribution >= 0.6 is 22.9 Å². The first-order chi connectivity index (χ1) is 7.58. The molecule has 1 unspecified atom stereocenters. The molecule has 0 saturated carbocycles. The summed E-state index contributed by atoms with van der Waals surface area (Å²) in [6, 6.07) is 4.74. The van der Waals surface area contributed by atoms with E-state index in [0.29, 0.717) is 6.04 Å². The van der Waals surface area contributed by atoms with Gasteiger partial charge in [0.05, 0.1) is 4.34 Å². The number of nitrogens with one attached hydrogen (secondary N) is 1. The molecule has 16 heavy (non-hydrogen) atoms. The minimum atomic E-state index is 0.600. The van der Waals surface area contributed by atoms with E-state index in [4.69, 9.17) is 11.6 Å². The van der Waals surface area contributed by atoms with Crippen molar-refractivity contribution in [3.8, 4) is 0 Å². The van der Waals surface area contributed by atoms with Crippen LogP contribution in [0.15, 0.2) is 12.1 Å². The first kappa shape index (κ1) is 14.0. The van der Waals surface area contributed by atoms with Gasteiger partial charge in [0.25, 0.3) is 0 Å². The van der Waals surface area contributed by atoms with Gasteiger partial charge in [-0.3, -0.25) is 0 Å². The summed E-state index contributed by atoms with van der Waals surface area (Å²) >= 11 is 7.61. The molecule has 1 heterocycles. The van der Waals surface area contributed by atoms with Crippen LogP contribution in [0.3, 0.4) is 0 Å². The van der Waals surface area contributed by atoms with Gasteiger partial charge < -0.3 is 5.32 Å². The molecule has 0 amide bonds. The van der Waals surface area contributed by atoms with Crippen molar-refractivity contribution in [2.75, 3.05) is 6.54 Å². The molecule has 92 valence electrons. The maximum atomic E-state index is 5.90. The Hall–Kier alpha value is -0.0500. The van der Waals surface area contributed by atoms with Gasteiger partial charge in [0.2, 0.25) is 0 Å². The van der Waals surface area contributed by atoms with Crippen LogP contribution in [-0.4, -0.2) is 12.6 Å². The second-order valence-corrected chi connectivity index (χ2v) is 6.55. The zero-order valence-corrected chi connectivity index (χ0v) is 12.0. The molecule has 0 aromatic carbocycles. The smallest absolute Gasteiger partial charge is 0.0931 e. The van der Waals surface area contributed by atoms with Gasteiger partial charge >= 0.3 is 0 Å². The Morgan fingerprint density at radius 3 is 2.56 bits per heavy atom. The van der Waals surface area contributed by atoms with Gasteiger partial charge in [-0.05, 0) is 43.9 Å². The summed E-state index contributed by atoms with van der Waals surface area (Å²) in [7, 11) is 0. The van der Waals surface area contributed by atoms with Crippen LogP contribution in [0.25, 0.3) is 0 Å². The molecular formula is C13H22ClNS. The minimum absolute atomic E-state index is 0.600. The molecule has 0 spiro atoms. The Bertz CT molecular complexity index is 296.